The lowest BCUT2D eigenvalue weighted by atomic mass is 9.90. The zero-order valence-electron chi connectivity index (χ0n) is 13.5. The van der Waals surface area contributed by atoms with Crippen LogP contribution in [-0.2, 0) is 0 Å². The number of hydrogen-bond acceptors (Lipinski definition) is 0. The minimum Gasteiger partial charge on any atom is -0.0622 e. The number of benzene rings is 3. The molecule has 0 fully saturated rings. The Morgan fingerprint density at radius 1 is 0.636 bits per heavy atom. The summed E-state index contributed by atoms with van der Waals surface area (Å²) in [5.74, 6) is 0.531. The van der Waals surface area contributed by atoms with E-state index in [1.54, 1.807) is 0 Å². The van der Waals surface area contributed by atoms with Crippen LogP contribution in [0.3, 0.4) is 0 Å². The van der Waals surface area contributed by atoms with Crippen LogP contribution in [-0.4, -0.2) is 0 Å². The van der Waals surface area contributed by atoms with Crippen LogP contribution in [0.2, 0.25) is 0 Å². The molecule has 0 saturated heterocycles. The smallest absolute Gasteiger partial charge is 0.0149 e. The fourth-order valence-electron chi connectivity index (χ4n) is 2.90. The highest BCUT2D eigenvalue weighted by molar-refractivity contribution is 5.73. The van der Waals surface area contributed by atoms with E-state index in [0.717, 1.165) is 0 Å². The Hall–Kier alpha value is -2.34. The predicted molar refractivity (Wildman–Crippen MR) is 96.1 cm³/mol. The Morgan fingerprint density at radius 2 is 1.23 bits per heavy atom. The SMILES string of the molecule is Cc1ccc(-c2ccc(-c3ccccc3)cc2)c(C(C)C)c1. The molecule has 0 bridgehead atoms. The molecule has 0 N–H and O–H groups in total. The zero-order valence-corrected chi connectivity index (χ0v) is 13.5. The third-order valence-corrected chi connectivity index (χ3v) is 4.13. The number of rotatable bonds is 3. The molecule has 3 rings (SSSR count). The Kier molecular flexibility index (Phi) is 4.11. The van der Waals surface area contributed by atoms with Gasteiger partial charge < -0.3 is 0 Å². The van der Waals surface area contributed by atoms with E-state index < -0.39 is 0 Å². The molecule has 3 aromatic carbocycles. The molecule has 0 aliphatic rings. The summed E-state index contributed by atoms with van der Waals surface area (Å²) in [6.07, 6.45) is 0. The van der Waals surface area contributed by atoms with Gasteiger partial charge in [0.1, 0.15) is 0 Å². The highest BCUT2D eigenvalue weighted by Crippen LogP contribution is 2.31. The van der Waals surface area contributed by atoms with Gasteiger partial charge in [-0.1, -0.05) is 92.2 Å². The Morgan fingerprint density at radius 3 is 1.86 bits per heavy atom. The van der Waals surface area contributed by atoms with Crippen LogP contribution in [0.25, 0.3) is 22.3 Å². The fourth-order valence-corrected chi connectivity index (χ4v) is 2.90. The van der Waals surface area contributed by atoms with Crippen molar-refractivity contribution in [1.82, 2.24) is 0 Å². The second-order valence-corrected chi connectivity index (χ2v) is 6.19. The first-order valence-corrected chi connectivity index (χ1v) is 7.91. The average Bonchev–Trinajstić information content (AvgIpc) is 2.56. The predicted octanol–water partition coefficient (Wildman–Crippen LogP) is 6.45. The third-order valence-electron chi connectivity index (χ3n) is 4.13. The molecule has 0 aliphatic carbocycles. The first-order valence-electron chi connectivity index (χ1n) is 7.91. The Labute approximate surface area is 133 Å². The van der Waals surface area contributed by atoms with Crippen LogP contribution in [0.15, 0.2) is 72.8 Å². The summed E-state index contributed by atoms with van der Waals surface area (Å²) in [6.45, 7) is 6.68. The van der Waals surface area contributed by atoms with Gasteiger partial charge in [-0.05, 0) is 40.7 Å². The monoisotopic (exact) mass is 286 g/mol. The van der Waals surface area contributed by atoms with E-state index in [9.17, 15) is 0 Å². The van der Waals surface area contributed by atoms with Crippen molar-refractivity contribution in [3.63, 3.8) is 0 Å². The van der Waals surface area contributed by atoms with Crippen molar-refractivity contribution in [2.75, 3.05) is 0 Å². The van der Waals surface area contributed by atoms with Crippen molar-refractivity contribution in [3.8, 4) is 22.3 Å². The molecule has 0 amide bonds. The topological polar surface area (TPSA) is 0 Å². The van der Waals surface area contributed by atoms with Crippen LogP contribution >= 0.6 is 0 Å². The lowest BCUT2D eigenvalue weighted by Crippen LogP contribution is -1.93. The average molecular weight is 286 g/mol. The van der Waals surface area contributed by atoms with Crippen molar-refractivity contribution in [1.29, 1.82) is 0 Å². The molecule has 0 spiro atoms. The van der Waals surface area contributed by atoms with Gasteiger partial charge in [0.15, 0.2) is 0 Å². The van der Waals surface area contributed by atoms with Crippen molar-refractivity contribution < 1.29 is 0 Å². The van der Waals surface area contributed by atoms with E-state index in [1.807, 2.05) is 0 Å². The Balaban J connectivity index is 2.00. The normalized spacial score (nSPS) is 10.9. The summed E-state index contributed by atoms with van der Waals surface area (Å²) in [7, 11) is 0. The second-order valence-electron chi connectivity index (χ2n) is 6.19. The van der Waals surface area contributed by atoms with Crippen molar-refractivity contribution >= 4 is 0 Å². The van der Waals surface area contributed by atoms with Gasteiger partial charge >= 0.3 is 0 Å². The molecule has 3 aromatic rings. The van der Waals surface area contributed by atoms with Gasteiger partial charge in [-0.2, -0.15) is 0 Å². The first-order chi connectivity index (χ1) is 10.6. The maximum absolute atomic E-state index is 2.31. The molecule has 0 unspecified atom stereocenters. The Bertz CT molecular complexity index is 750. The van der Waals surface area contributed by atoms with Crippen molar-refractivity contribution in [3.05, 3.63) is 83.9 Å². The van der Waals surface area contributed by atoms with E-state index in [2.05, 4.69) is 93.6 Å². The molecule has 0 radical (unpaired) electrons. The van der Waals surface area contributed by atoms with Crippen LogP contribution in [0.4, 0.5) is 0 Å². The number of hydrogen-bond donors (Lipinski definition) is 0. The third kappa shape index (κ3) is 2.96. The van der Waals surface area contributed by atoms with Crippen LogP contribution < -0.4 is 0 Å². The summed E-state index contributed by atoms with van der Waals surface area (Å²) in [5.41, 5.74) is 7.93. The number of aryl methyl sites for hydroxylation is 1. The highest BCUT2D eigenvalue weighted by Gasteiger charge is 2.09. The van der Waals surface area contributed by atoms with E-state index in [-0.39, 0.29) is 0 Å². The van der Waals surface area contributed by atoms with Gasteiger partial charge in [-0.15, -0.1) is 0 Å². The van der Waals surface area contributed by atoms with Crippen molar-refractivity contribution in [2.45, 2.75) is 26.7 Å². The van der Waals surface area contributed by atoms with Crippen LogP contribution in [0.5, 0.6) is 0 Å². The molecular formula is C22H22. The fraction of sp³-hybridized carbons (Fsp3) is 0.182. The van der Waals surface area contributed by atoms with Gasteiger partial charge in [0, 0.05) is 0 Å². The molecule has 0 nitrogen and oxygen atoms in total. The lowest BCUT2D eigenvalue weighted by molar-refractivity contribution is 0.867. The minimum absolute atomic E-state index is 0.531. The highest BCUT2D eigenvalue weighted by atomic mass is 14.1. The molecule has 0 atom stereocenters. The molecule has 0 heteroatoms. The summed E-state index contributed by atoms with van der Waals surface area (Å²) in [5, 5.41) is 0. The van der Waals surface area contributed by atoms with E-state index in [1.165, 1.54) is 33.4 Å². The standard InChI is InChI=1S/C22H22/c1-16(2)22-15-17(3)9-14-21(22)20-12-10-19(11-13-20)18-7-5-4-6-8-18/h4-16H,1-3H3. The van der Waals surface area contributed by atoms with Gasteiger partial charge in [0.2, 0.25) is 0 Å². The second kappa shape index (κ2) is 6.19. The van der Waals surface area contributed by atoms with Crippen molar-refractivity contribution in [2.24, 2.45) is 0 Å². The summed E-state index contributed by atoms with van der Waals surface area (Å²) < 4.78 is 0. The largest absolute Gasteiger partial charge is 0.0622 e. The van der Waals surface area contributed by atoms with E-state index in [4.69, 9.17) is 0 Å². The molecule has 110 valence electrons. The molecule has 0 aliphatic heterocycles. The quantitative estimate of drug-likeness (QED) is 0.519. The molecular weight excluding hydrogens is 264 g/mol. The lowest BCUT2D eigenvalue weighted by Gasteiger charge is -2.14. The summed E-state index contributed by atoms with van der Waals surface area (Å²) >= 11 is 0. The molecule has 22 heavy (non-hydrogen) atoms. The molecule has 0 heterocycles. The van der Waals surface area contributed by atoms with Gasteiger partial charge in [0.25, 0.3) is 0 Å². The van der Waals surface area contributed by atoms with Gasteiger partial charge in [-0.3, -0.25) is 0 Å². The summed E-state index contributed by atoms with van der Waals surface area (Å²) in [6, 6.07) is 26.2. The van der Waals surface area contributed by atoms with E-state index in [0.29, 0.717) is 5.92 Å². The minimum atomic E-state index is 0.531. The summed E-state index contributed by atoms with van der Waals surface area (Å²) in [4.78, 5) is 0. The van der Waals surface area contributed by atoms with Gasteiger partial charge in [-0.25, -0.2) is 0 Å². The molecule has 0 aromatic heterocycles. The van der Waals surface area contributed by atoms with Gasteiger partial charge in [0.05, 0.1) is 0 Å². The maximum Gasteiger partial charge on any atom is -0.0149 e. The van der Waals surface area contributed by atoms with Crippen LogP contribution in [0.1, 0.15) is 30.9 Å². The maximum atomic E-state index is 2.31. The molecule has 0 saturated carbocycles. The first kappa shape index (κ1) is 14.6. The van der Waals surface area contributed by atoms with Crippen LogP contribution in [0, 0.1) is 6.92 Å². The zero-order chi connectivity index (χ0) is 15.5. The van der Waals surface area contributed by atoms with E-state index >= 15 is 0 Å².